The van der Waals surface area contributed by atoms with Crippen LogP contribution in [0.15, 0.2) is 48.5 Å². The molecule has 0 radical (unpaired) electrons. The maximum atomic E-state index is 13.1. The quantitative estimate of drug-likeness (QED) is 0.844. The molecule has 3 rings (SSSR count). The lowest BCUT2D eigenvalue weighted by Crippen LogP contribution is -2.28. The molecule has 28 heavy (non-hydrogen) atoms. The molecule has 1 aliphatic heterocycles. The average Bonchev–Trinajstić information content (AvgIpc) is 3.02. The molecule has 1 unspecified atom stereocenters. The summed E-state index contributed by atoms with van der Waals surface area (Å²) in [5.41, 5.74) is -0.434. The second kappa shape index (κ2) is 7.92. The number of nitrogens with one attached hydrogen (secondary N) is 1. The molecule has 2 aromatic rings. The molecule has 2 aromatic carbocycles. The zero-order valence-corrected chi connectivity index (χ0v) is 15.1. The van der Waals surface area contributed by atoms with E-state index in [4.69, 9.17) is 4.74 Å². The first-order chi connectivity index (χ1) is 13.3. The van der Waals surface area contributed by atoms with E-state index in [1.807, 2.05) is 18.2 Å². The standard InChI is InChI=1S/C20H19F3N2O3/c1-28-17-9-5-2-6-13(17)11-25-12-14(10-18(25)26)19(27)24-16-8-4-3-7-15(16)20(21,22)23/h2-9,14H,10-12H2,1H3,(H,24,27). The van der Waals surface area contributed by atoms with Crippen LogP contribution in [0.3, 0.4) is 0 Å². The van der Waals surface area contributed by atoms with Crippen LogP contribution in [0.4, 0.5) is 18.9 Å². The van der Waals surface area contributed by atoms with Gasteiger partial charge in [-0.25, -0.2) is 0 Å². The van der Waals surface area contributed by atoms with Gasteiger partial charge < -0.3 is 15.0 Å². The number of alkyl halides is 3. The van der Waals surface area contributed by atoms with E-state index < -0.39 is 23.6 Å². The molecule has 0 saturated carbocycles. The highest BCUT2D eigenvalue weighted by Crippen LogP contribution is 2.35. The Hall–Kier alpha value is -3.03. The number of rotatable bonds is 5. The molecule has 0 aromatic heterocycles. The Morgan fingerprint density at radius 3 is 2.57 bits per heavy atom. The summed E-state index contributed by atoms with van der Waals surface area (Å²) in [4.78, 5) is 26.3. The van der Waals surface area contributed by atoms with E-state index in [1.165, 1.54) is 30.2 Å². The Labute approximate surface area is 160 Å². The number of halogens is 3. The second-order valence-corrected chi connectivity index (χ2v) is 6.52. The number of methoxy groups -OCH3 is 1. The minimum Gasteiger partial charge on any atom is -0.496 e. The first-order valence-electron chi connectivity index (χ1n) is 8.66. The van der Waals surface area contributed by atoms with Gasteiger partial charge in [0.1, 0.15) is 5.75 Å². The third kappa shape index (κ3) is 4.27. The minimum absolute atomic E-state index is 0.0465. The number of hydrogen-bond acceptors (Lipinski definition) is 3. The van der Waals surface area contributed by atoms with Gasteiger partial charge in [0, 0.05) is 25.1 Å². The topological polar surface area (TPSA) is 58.6 Å². The third-order valence-electron chi connectivity index (χ3n) is 4.63. The lowest BCUT2D eigenvalue weighted by atomic mass is 10.1. The predicted molar refractivity (Wildman–Crippen MR) is 96.6 cm³/mol. The highest BCUT2D eigenvalue weighted by Gasteiger charge is 2.37. The number of carbonyl (C=O) groups excluding carboxylic acids is 2. The highest BCUT2D eigenvalue weighted by atomic mass is 19.4. The molecule has 1 aliphatic rings. The van der Waals surface area contributed by atoms with E-state index in [-0.39, 0.29) is 31.1 Å². The van der Waals surface area contributed by atoms with Gasteiger partial charge in [0.15, 0.2) is 0 Å². The molecule has 2 amide bonds. The van der Waals surface area contributed by atoms with E-state index in [9.17, 15) is 22.8 Å². The SMILES string of the molecule is COc1ccccc1CN1CC(C(=O)Nc2ccccc2C(F)(F)F)CC1=O. The van der Waals surface area contributed by atoms with Crippen LogP contribution >= 0.6 is 0 Å². The van der Waals surface area contributed by atoms with Crippen molar-refractivity contribution in [1.29, 1.82) is 0 Å². The monoisotopic (exact) mass is 392 g/mol. The second-order valence-electron chi connectivity index (χ2n) is 6.52. The Morgan fingerprint density at radius 1 is 1.18 bits per heavy atom. The van der Waals surface area contributed by atoms with Crippen molar-refractivity contribution in [3.63, 3.8) is 0 Å². The van der Waals surface area contributed by atoms with Crippen molar-refractivity contribution in [1.82, 2.24) is 4.90 Å². The number of nitrogens with zero attached hydrogens (tertiary/aromatic N) is 1. The predicted octanol–water partition coefficient (Wildman–Crippen LogP) is 3.70. The lowest BCUT2D eigenvalue weighted by molar-refractivity contribution is -0.137. The molecule has 1 fully saturated rings. The van der Waals surface area contributed by atoms with Crippen LogP contribution in [0, 0.1) is 5.92 Å². The summed E-state index contributed by atoms with van der Waals surface area (Å²) in [6.07, 6.45) is -4.62. The summed E-state index contributed by atoms with van der Waals surface area (Å²) >= 11 is 0. The van der Waals surface area contributed by atoms with Crippen LogP contribution in [-0.2, 0) is 22.3 Å². The largest absolute Gasteiger partial charge is 0.496 e. The highest BCUT2D eigenvalue weighted by molar-refractivity contribution is 5.97. The summed E-state index contributed by atoms with van der Waals surface area (Å²) in [5.74, 6) is -0.923. The minimum atomic E-state index is -4.58. The van der Waals surface area contributed by atoms with Gasteiger partial charge in [0.2, 0.25) is 11.8 Å². The molecule has 1 atom stereocenters. The van der Waals surface area contributed by atoms with Crippen LogP contribution in [-0.4, -0.2) is 30.4 Å². The van der Waals surface area contributed by atoms with Crippen LogP contribution in [0.1, 0.15) is 17.5 Å². The number of amides is 2. The number of likely N-dealkylation sites (tertiary alicyclic amines) is 1. The van der Waals surface area contributed by atoms with E-state index in [0.717, 1.165) is 11.6 Å². The van der Waals surface area contributed by atoms with Gasteiger partial charge in [-0.15, -0.1) is 0 Å². The summed E-state index contributed by atoms with van der Waals surface area (Å²) < 4.78 is 44.5. The maximum Gasteiger partial charge on any atom is 0.418 e. The van der Waals surface area contributed by atoms with Gasteiger partial charge in [-0.1, -0.05) is 30.3 Å². The molecule has 148 valence electrons. The molecule has 0 aliphatic carbocycles. The molecular weight excluding hydrogens is 373 g/mol. The summed E-state index contributed by atoms with van der Waals surface area (Å²) in [7, 11) is 1.53. The first-order valence-corrected chi connectivity index (χ1v) is 8.66. The van der Waals surface area contributed by atoms with Crippen LogP contribution in [0.25, 0.3) is 0 Å². The van der Waals surface area contributed by atoms with E-state index in [0.29, 0.717) is 5.75 Å². The lowest BCUT2D eigenvalue weighted by Gasteiger charge is -2.19. The van der Waals surface area contributed by atoms with Gasteiger partial charge >= 0.3 is 6.18 Å². The number of para-hydroxylation sites is 2. The Morgan fingerprint density at radius 2 is 1.86 bits per heavy atom. The van der Waals surface area contributed by atoms with E-state index in [2.05, 4.69) is 5.32 Å². The fourth-order valence-electron chi connectivity index (χ4n) is 3.21. The Bertz CT molecular complexity index is 883. The average molecular weight is 392 g/mol. The molecule has 1 N–H and O–H groups in total. The third-order valence-corrected chi connectivity index (χ3v) is 4.63. The van der Waals surface area contributed by atoms with Crippen molar-refractivity contribution in [2.75, 3.05) is 19.0 Å². The zero-order chi connectivity index (χ0) is 20.3. The number of hydrogen-bond donors (Lipinski definition) is 1. The van der Waals surface area contributed by atoms with Gasteiger partial charge in [0.25, 0.3) is 0 Å². The summed E-state index contributed by atoms with van der Waals surface area (Å²) in [5, 5.41) is 2.32. The van der Waals surface area contributed by atoms with Gasteiger partial charge in [0.05, 0.1) is 24.3 Å². The molecule has 0 spiro atoms. The summed E-state index contributed by atoms with van der Waals surface area (Å²) in [6, 6.07) is 12.0. The van der Waals surface area contributed by atoms with Crippen LogP contribution in [0.5, 0.6) is 5.75 Å². The van der Waals surface area contributed by atoms with E-state index >= 15 is 0 Å². The van der Waals surface area contributed by atoms with Crippen molar-refractivity contribution >= 4 is 17.5 Å². The van der Waals surface area contributed by atoms with Crippen molar-refractivity contribution in [3.8, 4) is 5.75 Å². The van der Waals surface area contributed by atoms with Gasteiger partial charge in [-0.2, -0.15) is 13.2 Å². The van der Waals surface area contributed by atoms with Crippen LogP contribution < -0.4 is 10.1 Å². The normalized spacial score (nSPS) is 16.9. The van der Waals surface area contributed by atoms with Crippen LogP contribution in [0.2, 0.25) is 0 Å². The van der Waals surface area contributed by atoms with Crippen molar-refractivity contribution in [3.05, 3.63) is 59.7 Å². The number of ether oxygens (including phenoxy) is 1. The van der Waals surface area contributed by atoms with Crippen molar-refractivity contribution in [2.45, 2.75) is 19.1 Å². The number of carbonyl (C=O) groups is 2. The molecule has 5 nitrogen and oxygen atoms in total. The number of anilines is 1. The fourth-order valence-corrected chi connectivity index (χ4v) is 3.21. The van der Waals surface area contributed by atoms with Crippen molar-refractivity contribution < 1.29 is 27.5 Å². The fraction of sp³-hybridized carbons (Fsp3) is 0.300. The van der Waals surface area contributed by atoms with Gasteiger partial charge in [-0.05, 0) is 18.2 Å². The molecule has 1 heterocycles. The molecule has 1 saturated heterocycles. The number of benzene rings is 2. The smallest absolute Gasteiger partial charge is 0.418 e. The summed E-state index contributed by atoms with van der Waals surface area (Å²) in [6.45, 7) is 0.405. The Kier molecular flexibility index (Phi) is 5.58. The zero-order valence-electron chi connectivity index (χ0n) is 15.1. The molecule has 8 heteroatoms. The first kappa shape index (κ1) is 19.7. The van der Waals surface area contributed by atoms with Crippen molar-refractivity contribution in [2.24, 2.45) is 5.92 Å². The maximum absolute atomic E-state index is 13.1. The van der Waals surface area contributed by atoms with Gasteiger partial charge in [-0.3, -0.25) is 9.59 Å². The van der Waals surface area contributed by atoms with E-state index in [1.54, 1.807) is 6.07 Å². The molecule has 0 bridgehead atoms. The Balaban J connectivity index is 1.69. The molecular formula is C20H19F3N2O3.